The number of methoxy groups -OCH3 is 1. The highest BCUT2D eigenvalue weighted by Crippen LogP contribution is 2.28. The smallest absolute Gasteiger partial charge is 0.258 e. The topological polar surface area (TPSA) is 64.8 Å². The number of aryl methyl sites for hydroxylation is 1. The highest BCUT2D eigenvalue weighted by Gasteiger charge is 2.41. The molecule has 0 saturated carbocycles. The number of hydrogen-bond acceptors (Lipinski definition) is 5. The molecule has 2 aromatic rings. The molecule has 1 aliphatic heterocycles. The van der Waals surface area contributed by atoms with Crippen LogP contribution in [-0.4, -0.2) is 48.4 Å². The summed E-state index contributed by atoms with van der Waals surface area (Å²) < 4.78 is 16.4. The summed E-state index contributed by atoms with van der Waals surface area (Å²) in [6.45, 7) is 3.52. The van der Waals surface area contributed by atoms with Crippen LogP contribution in [0.3, 0.4) is 0 Å². The second kappa shape index (κ2) is 6.42. The van der Waals surface area contributed by atoms with Crippen molar-refractivity contribution >= 4 is 5.91 Å². The van der Waals surface area contributed by atoms with Crippen molar-refractivity contribution in [2.45, 2.75) is 18.9 Å². The summed E-state index contributed by atoms with van der Waals surface area (Å²) >= 11 is 0. The van der Waals surface area contributed by atoms with Crippen LogP contribution in [0.1, 0.15) is 22.3 Å². The van der Waals surface area contributed by atoms with Gasteiger partial charge in [-0.15, -0.1) is 0 Å². The van der Waals surface area contributed by atoms with Crippen molar-refractivity contribution in [1.82, 2.24) is 10.1 Å². The molecule has 0 N–H and O–H groups in total. The Balaban J connectivity index is 1.66. The number of rotatable bonds is 5. The number of carbonyl (C=O) groups excluding carboxylic acids is 1. The van der Waals surface area contributed by atoms with Gasteiger partial charge in [-0.2, -0.15) is 0 Å². The number of benzene rings is 1. The van der Waals surface area contributed by atoms with E-state index in [0.717, 1.165) is 17.7 Å². The Morgan fingerprint density at radius 1 is 1.43 bits per heavy atom. The van der Waals surface area contributed by atoms with Gasteiger partial charge in [-0.05, 0) is 25.0 Å². The third-order valence-electron chi connectivity index (χ3n) is 4.30. The third-order valence-corrected chi connectivity index (χ3v) is 4.30. The van der Waals surface area contributed by atoms with E-state index in [-0.39, 0.29) is 5.91 Å². The monoisotopic (exact) mass is 316 g/mol. The molecule has 1 aromatic heterocycles. The molecule has 23 heavy (non-hydrogen) atoms. The molecule has 122 valence electrons. The lowest BCUT2D eigenvalue weighted by molar-refractivity contribution is -0.0344. The summed E-state index contributed by atoms with van der Waals surface area (Å²) in [5.74, 6) is 0.744. The fraction of sp³-hybridized carbons (Fsp3) is 0.412. The van der Waals surface area contributed by atoms with Gasteiger partial charge >= 0.3 is 0 Å². The molecule has 1 aliphatic rings. The number of para-hydroxylation sites is 1. The molecule has 2 heterocycles. The third kappa shape index (κ3) is 3.22. The van der Waals surface area contributed by atoms with E-state index in [9.17, 15) is 4.79 Å². The molecule has 0 radical (unpaired) electrons. The molecule has 1 fully saturated rings. The van der Waals surface area contributed by atoms with Crippen LogP contribution >= 0.6 is 0 Å². The maximum absolute atomic E-state index is 12.4. The quantitative estimate of drug-likeness (QED) is 0.847. The molecule has 0 aliphatic carbocycles. The van der Waals surface area contributed by atoms with Gasteiger partial charge in [0.25, 0.3) is 5.91 Å². The Kier molecular flexibility index (Phi) is 4.34. The van der Waals surface area contributed by atoms with E-state index in [4.69, 9.17) is 14.0 Å². The predicted molar refractivity (Wildman–Crippen MR) is 83.4 cm³/mol. The van der Waals surface area contributed by atoms with E-state index < -0.39 is 5.60 Å². The molecular weight excluding hydrogens is 296 g/mol. The van der Waals surface area contributed by atoms with Crippen molar-refractivity contribution < 1.29 is 18.8 Å². The van der Waals surface area contributed by atoms with E-state index in [0.29, 0.717) is 25.3 Å². The average Bonchev–Trinajstić information content (AvgIpc) is 3.24. The average molecular weight is 316 g/mol. The molecule has 6 heteroatoms. The van der Waals surface area contributed by atoms with Gasteiger partial charge in [0.15, 0.2) is 0 Å². The highest BCUT2D eigenvalue weighted by atomic mass is 16.5. The van der Waals surface area contributed by atoms with E-state index in [2.05, 4.69) is 5.16 Å². The van der Waals surface area contributed by atoms with Crippen LogP contribution < -0.4 is 4.74 Å². The van der Waals surface area contributed by atoms with Crippen molar-refractivity contribution in [2.75, 3.05) is 26.8 Å². The van der Waals surface area contributed by atoms with Crippen LogP contribution in [0.15, 0.2) is 41.2 Å². The predicted octanol–water partition coefficient (Wildman–Crippen LogP) is 2.29. The first kappa shape index (κ1) is 15.6. The number of carbonyl (C=O) groups is 1. The summed E-state index contributed by atoms with van der Waals surface area (Å²) in [6.07, 6.45) is 3.52. The summed E-state index contributed by atoms with van der Waals surface area (Å²) in [4.78, 5) is 14.1. The van der Waals surface area contributed by atoms with Crippen LogP contribution in [-0.2, 0) is 4.74 Å². The van der Waals surface area contributed by atoms with Crippen LogP contribution in [0.5, 0.6) is 5.75 Å². The van der Waals surface area contributed by atoms with Crippen LogP contribution in [0.25, 0.3) is 0 Å². The van der Waals surface area contributed by atoms with Gasteiger partial charge in [0.05, 0.1) is 18.3 Å². The fourth-order valence-electron chi connectivity index (χ4n) is 2.78. The summed E-state index contributed by atoms with van der Waals surface area (Å²) in [6, 6.07) is 7.86. The lowest BCUT2D eigenvalue weighted by Gasteiger charge is -2.28. The minimum Gasteiger partial charge on any atom is -0.490 e. The standard InChI is InChI=1S/C17H20N2O4/c1-13-5-3-4-6-15(13)22-12-17(21-2)7-8-19(11-17)16(20)14-9-18-23-10-14/h3-6,9-10H,7-8,11-12H2,1-2H3. The number of ether oxygens (including phenoxy) is 2. The van der Waals surface area contributed by atoms with Gasteiger partial charge in [-0.25, -0.2) is 0 Å². The van der Waals surface area contributed by atoms with Crippen molar-refractivity contribution in [3.63, 3.8) is 0 Å². The van der Waals surface area contributed by atoms with E-state index in [1.165, 1.54) is 12.5 Å². The molecule has 1 amide bonds. The van der Waals surface area contributed by atoms with Gasteiger partial charge in [0.1, 0.15) is 24.2 Å². The van der Waals surface area contributed by atoms with Crippen molar-refractivity contribution in [1.29, 1.82) is 0 Å². The first-order valence-corrected chi connectivity index (χ1v) is 7.56. The number of aromatic nitrogens is 1. The molecule has 0 spiro atoms. The first-order chi connectivity index (χ1) is 11.1. The SMILES string of the molecule is COC1(COc2ccccc2C)CCN(C(=O)c2cnoc2)C1. The highest BCUT2D eigenvalue weighted by molar-refractivity contribution is 5.93. The van der Waals surface area contributed by atoms with Crippen molar-refractivity contribution in [3.8, 4) is 5.75 Å². The maximum atomic E-state index is 12.4. The summed E-state index contributed by atoms with van der Waals surface area (Å²) in [5.41, 5.74) is 1.04. The Hall–Kier alpha value is -2.34. The van der Waals surface area contributed by atoms with E-state index in [1.54, 1.807) is 12.0 Å². The zero-order valence-corrected chi connectivity index (χ0v) is 13.3. The van der Waals surface area contributed by atoms with Crippen molar-refractivity contribution in [3.05, 3.63) is 47.9 Å². The maximum Gasteiger partial charge on any atom is 0.258 e. The molecule has 0 bridgehead atoms. The van der Waals surface area contributed by atoms with Crippen LogP contribution in [0, 0.1) is 6.92 Å². The summed E-state index contributed by atoms with van der Waals surface area (Å²) in [7, 11) is 1.66. The Morgan fingerprint density at radius 2 is 2.26 bits per heavy atom. The second-order valence-electron chi connectivity index (χ2n) is 5.83. The van der Waals surface area contributed by atoms with E-state index >= 15 is 0 Å². The number of amides is 1. The van der Waals surface area contributed by atoms with Gasteiger partial charge in [-0.3, -0.25) is 4.79 Å². The molecular formula is C17H20N2O4. The summed E-state index contributed by atoms with van der Waals surface area (Å²) in [5, 5.41) is 3.58. The number of hydrogen-bond donors (Lipinski definition) is 0. The zero-order valence-electron chi connectivity index (χ0n) is 13.3. The van der Waals surface area contributed by atoms with Crippen LogP contribution in [0.4, 0.5) is 0 Å². The largest absolute Gasteiger partial charge is 0.490 e. The van der Waals surface area contributed by atoms with Gasteiger partial charge in [0, 0.05) is 13.7 Å². The number of likely N-dealkylation sites (tertiary alicyclic amines) is 1. The lowest BCUT2D eigenvalue weighted by atomic mass is 10.0. The molecule has 1 unspecified atom stereocenters. The Morgan fingerprint density at radius 3 is 2.96 bits per heavy atom. The fourth-order valence-corrected chi connectivity index (χ4v) is 2.78. The van der Waals surface area contributed by atoms with Gasteiger partial charge in [-0.1, -0.05) is 23.4 Å². The van der Waals surface area contributed by atoms with Gasteiger partial charge in [0.2, 0.25) is 0 Å². The van der Waals surface area contributed by atoms with Gasteiger partial charge < -0.3 is 18.9 Å². The minimum atomic E-state index is -0.491. The Labute approximate surface area is 135 Å². The lowest BCUT2D eigenvalue weighted by Crippen LogP contribution is -2.42. The zero-order chi connectivity index (χ0) is 16.3. The number of nitrogens with zero attached hydrogens (tertiary/aromatic N) is 2. The van der Waals surface area contributed by atoms with E-state index in [1.807, 2.05) is 31.2 Å². The molecule has 1 aromatic carbocycles. The Bertz CT molecular complexity index is 671. The normalized spacial score (nSPS) is 20.7. The van der Waals surface area contributed by atoms with Crippen LogP contribution in [0.2, 0.25) is 0 Å². The minimum absolute atomic E-state index is 0.0962. The first-order valence-electron chi connectivity index (χ1n) is 7.56. The molecule has 1 saturated heterocycles. The second-order valence-corrected chi connectivity index (χ2v) is 5.83. The molecule has 1 atom stereocenters. The molecule has 3 rings (SSSR count). The molecule has 6 nitrogen and oxygen atoms in total. The van der Waals surface area contributed by atoms with Crippen molar-refractivity contribution in [2.24, 2.45) is 0 Å².